The van der Waals surface area contributed by atoms with Crippen LogP contribution in [0.1, 0.15) is 36.0 Å². The van der Waals surface area contributed by atoms with Crippen molar-refractivity contribution in [2.75, 3.05) is 19.6 Å². The summed E-state index contributed by atoms with van der Waals surface area (Å²) >= 11 is 0. The van der Waals surface area contributed by atoms with Gasteiger partial charge in [0.2, 0.25) is 0 Å². The number of amides is 1. The highest BCUT2D eigenvalue weighted by molar-refractivity contribution is 5.94. The molecule has 1 atom stereocenters. The highest BCUT2D eigenvalue weighted by Gasteiger charge is 2.29. The maximum atomic E-state index is 13.0. The molecule has 20 heavy (non-hydrogen) atoms. The van der Waals surface area contributed by atoms with Crippen LogP contribution >= 0.6 is 0 Å². The number of benzene rings is 1. The number of rotatable bonds is 5. The minimum Gasteiger partial charge on any atom is -0.337 e. The molecule has 1 aromatic carbocycles. The van der Waals surface area contributed by atoms with Crippen LogP contribution in [0.3, 0.4) is 0 Å². The van der Waals surface area contributed by atoms with Gasteiger partial charge in [-0.2, -0.15) is 0 Å². The second-order valence-electron chi connectivity index (χ2n) is 5.95. The largest absolute Gasteiger partial charge is 0.337 e. The van der Waals surface area contributed by atoms with Crippen LogP contribution in [0.5, 0.6) is 0 Å². The van der Waals surface area contributed by atoms with Crippen molar-refractivity contribution in [3.63, 3.8) is 0 Å². The van der Waals surface area contributed by atoms with Crippen molar-refractivity contribution in [1.29, 1.82) is 0 Å². The second-order valence-corrected chi connectivity index (χ2v) is 5.95. The zero-order valence-corrected chi connectivity index (χ0v) is 11.6. The fraction of sp³-hybridized carbons (Fsp3) is 0.562. The van der Waals surface area contributed by atoms with Crippen LogP contribution in [0.15, 0.2) is 24.3 Å². The van der Waals surface area contributed by atoms with Gasteiger partial charge in [0, 0.05) is 24.7 Å². The molecule has 4 heteroatoms. The van der Waals surface area contributed by atoms with Gasteiger partial charge in [0.25, 0.3) is 5.91 Å². The van der Waals surface area contributed by atoms with E-state index >= 15 is 0 Å². The molecule has 0 spiro atoms. The van der Waals surface area contributed by atoms with E-state index in [2.05, 4.69) is 5.32 Å². The molecule has 3 nitrogen and oxygen atoms in total. The smallest absolute Gasteiger partial charge is 0.253 e. The number of hydrogen-bond donors (Lipinski definition) is 1. The Morgan fingerprint density at radius 3 is 2.55 bits per heavy atom. The summed E-state index contributed by atoms with van der Waals surface area (Å²) in [4.78, 5) is 14.5. The van der Waals surface area contributed by atoms with E-state index in [-0.39, 0.29) is 11.7 Å². The Kier molecular flexibility index (Phi) is 4.01. The fourth-order valence-electron chi connectivity index (χ4n) is 2.81. The molecule has 1 heterocycles. The Morgan fingerprint density at radius 1 is 1.20 bits per heavy atom. The average molecular weight is 276 g/mol. The van der Waals surface area contributed by atoms with Crippen LogP contribution in [0, 0.1) is 11.7 Å². The van der Waals surface area contributed by atoms with E-state index in [1.54, 1.807) is 12.1 Å². The van der Waals surface area contributed by atoms with Gasteiger partial charge in [0.15, 0.2) is 0 Å². The highest BCUT2D eigenvalue weighted by atomic mass is 19.1. The van der Waals surface area contributed by atoms with Gasteiger partial charge in [-0.1, -0.05) is 0 Å². The monoisotopic (exact) mass is 276 g/mol. The summed E-state index contributed by atoms with van der Waals surface area (Å²) in [6.45, 7) is 2.66. The van der Waals surface area contributed by atoms with Gasteiger partial charge < -0.3 is 10.2 Å². The molecule has 0 bridgehead atoms. The summed E-state index contributed by atoms with van der Waals surface area (Å²) in [5.41, 5.74) is 0.588. The molecule has 0 radical (unpaired) electrons. The fourth-order valence-corrected chi connectivity index (χ4v) is 2.81. The number of nitrogens with zero attached hydrogens (tertiary/aromatic N) is 1. The van der Waals surface area contributed by atoms with Crippen LogP contribution in [0.2, 0.25) is 0 Å². The van der Waals surface area contributed by atoms with Crippen molar-refractivity contribution in [2.24, 2.45) is 5.92 Å². The summed E-state index contributed by atoms with van der Waals surface area (Å²) in [6.07, 6.45) is 4.78. The maximum absolute atomic E-state index is 13.0. The molecule has 1 aromatic rings. The molecular weight excluding hydrogens is 255 g/mol. The standard InChI is InChI=1S/C16H21FN2O/c17-14-7-5-13(6-8-14)16(20)19(10-12-3-4-12)11-15-2-1-9-18-15/h5-8,12,15,18H,1-4,9-11H2. The van der Waals surface area contributed by atoms with Gasteiger partial charge in [-0.3, -0.25) is 4.79 Å². The topological polar surface area (TPSA) is 32.3 Å². The molecular formula is C16H21FN2O. The number of nitrogens with one attached hydrogen (secondary N) is 1. The molecule has 2 aliphatic rings. The maximum Gasteiger partial charge on any atom is 0.253 e. The molecule has 108 valence electrons. The van der Waals surface area contributed by atoms with Crippen LogP contribution < -0.4 is 5.32 Å². The Hall–Kier alpha value is -1.42. The predicted molar refractivity (Wildman–Crippen MR) is 76.1 cm³/mol. The first kappa shape index (κ1) is 13.6. The van der Waals surface area contributed by atoms with Gasteiger partial charge in [-0.25, -0.2) is 4.39 Å². The Labute approximate surface area is 119 Å². The number of hydrogen-bond acceptors (Lipinski definition) is 2. The van der Waals surface area contributed by atoms with Crippen molar-refractivity contribution < 1.29 is 9.18 Å². The van der Waals surface area contributed by atoms with Gasteiger partial charge in [0.05, 0.1) is 0 Å². The molecule has 0 aromatic heterocycles. The van der Waals surface area contributed by atoms with E-state index in [0.29, 0.717) is 17.5 Å². The third-order valence-electron chi connectivity index (χ3n) is 4.16. The van der Waals surface area contributed by atoms with Crippen molar-refractivity contribution in [1.82, 2.24) is 10.2 Å². The van der Waals surface area contributed by atoms with E-state index in [1.807, 2.05) is 4.90 Å². The van der Waals surface area contributed by atoms with Gasteiger partial charge in [-0.05, 0) is 62.4 Å². The number of carbonyl (C=O) groups is 1. The quantitative estimate of drug-likeness (QED) is 0.896. The zero-order chi connectivity index (χ0) is 13.9. The van der Waals surface area contributed by atoms with Crippen LogP contribution in [0.4, 0.5) is 4.39 Å². The molecule has 3 rings (SSSR count). The minimum absolute atomic E-state index is 0.0330. The first-order valence-electron chi connectivity index (χ1n) is 7.50. The Morgan fingerprint density at radius 2 is 1.95 bits per heavy atom. The lowest BCUT2D eigenvalue weighted by molar-refractivity contribution is 0.0733. The van der Waals surface area contributed by atoms with E-state index in [9.17, 15) is 9.18 Å². The van der Waals surface area contributed by atoms with Crippen molar-refractivity contribution in [3.8, 4) is 0 Å². The second kappa shape index (κ2) is 5.92. The minimum atomic E-state index is -0.298. The SMILES string of the molecule is O=C(c1ccc(F)cc1)N(CC1CC1)CC1CCCN1. The lowest BCUT2D eigenvalue weighted by Crippen LogP contribution is -2.42. The van der Waals surface area contributed by atoms with Gasteiger partial charge in [-0.15, -0.1) is 0 Å². The third kappa shape index (κ3) is 3.37. The van der Waals surface area contributed by atoms with Gasteiger partial charge in [0.1, 0.15) is 5.82 Å². The van der Waals surface area contributed by atoms with Gasteiger partial charge >= 0.3 is 0 Å². The lowest BCUT2D eigenvalue weighted by atomic mass is 10.1. The Bertz CT molecular complexity index is 464. The van der Waals surface area contributed by atoms with E-state index < -0.39 is 0 Å². The van der Waals surface area contributed by atoms with Crippen LogP contribution in [-0.2, 0) is 0 Å². The van der Waals surface area contributed by atoms with Crippen LogP contribution in [0.25, 0.3) is 0 Å². The third-order valence-corrected chi connectivity index (χ3v) is 4.16. The van der Waals surface area contributed by atoms with Crippen LogP contribution in [-0.4, -0.2) is 36.5 Å². The lowest BCUT2D eigenvalue weighted by Gasteiger charge is -2.26. The first-order valence-corrected chi connectivity index (χ1v) is 7.50. The molecule has 1 N–H and O–H groups in total. The Balaban J connectivity index is 1.69. The predicted octanol–water partition coefficient (Wildman–Crippen LogP) is 2.43. The zero-order valence-electron chi connectivity index (χ0n) is 11.6. The summed E-state index contributed by atoms with van der Waals surface area (Å²) < 4.78 is 13.0. The summed E-state index contributed by atoms with van der Waals surface area (Å²) in [5, 5.41) is 3.44. The summed E-state index contributed by atoms with van der Waals surface area (Å²) in [5.74, 6) is 0.402. The van der Waals surface area contributed by atoms with Crippen molar-refractivity contribution in [2.45, 2.75) is 31.7 Å². The number of carbonyl (C=O) groups excluding carboxylic acids is 1. The van der Waals surface area contributed by atoms with Crippen molar-refractivity contribution >= 4 is 5.91 Å². The molecule has 1 saturated heterocycles. The van der Waals surface area contributed by atoms with E-state index in [0.717, 1.165) is 26.1 Å². The number of halogens is 1. The van der Waals surface area contributed by atoms with E-state index in [1.165, 1.54) is 31.4 Å². The molecule has 1 aliphatic carbocycles. The molecule has 1 aliphatic heterocycles. The average Bonchev–Trinajstić information content (AvgIpc) is 3.12. The normalized spacial score (nSPS) is 21.9. The summed E-state index contributed by atoms with van der Waals surface area (Å²) in [7, 11) is 0. The molecule has 1 amide bonds. The van der Waals surface area contributed by atoms with Crippen molar-refractivity contribution in [3.05, 3.63) is 35.6 Å². The van der Waals surface area contributed by atoms with E-state index in [4.69, 9.17) is 0 Å². The first-order chi connectivity index (χ1) is 9.72. The molecule has 2 fully saturated rings. The molecule has 1 saturated carbocycles. The molecule has 1 unspecified atom stereocenters. The summed E-state index contributed by atoms with van der Waals surface area (Å²) in [6, 6.07) is 6.30. The highest BCUT2D eigenvalue weighted by Crippen LogP contribution is 2.30.